The van der Waals surface area contributed by atoms with Gasteiger partial charge >= 0.3 is 6.01 Å². The summed E-state index contributed by atoms with van der Waals surface area (Å²) in [6.45, 7) is 1.96. The first-order valence-corrected chi connectivity index (χ1v) is 10.4. The first-order chi connectivity index (χ1) is 15.9. The maximum Gasteiger partial charge on any atom is 0.320 e. The minimum atomic E-state index is -0.457. The number of nitrogen functional groups attached to an aromatic ring is 1. The van der Waals surface area contributed by atoms with Crippen molar-refractivity contribution < 1.29 is 13.9 Å². The molecule has 0 bridgehead atoms. The summed E-state index contributed by atoms with van der Waals surface area (Å²) in [5.41, 5.74) is 9.83. The molecule has 0 saturated heterocycles. The molecule has 0 aliphatic rings. The van der Waals surface area contributed by atoms with Gasteiger partial charge in [0.05, 0.1) is 19.3 Å². The quantitative estimate of drug-likeness (QED) is 0.388. The molecule has 1 aromatic carbocycles. The number of halogens is 1. The molecular formula is C23H26FN7O2. The third-order valence-electron chi connectivity index (χ3n) is 4.95. The number of nitrogens with two attached hydrogens (primary N) is 1. The van der Waals surface area contributed by atoms with Crippen LogP contribution in [0, 0.1) is 5.82 Å². The van der Waals surface area contributed by atoms with Gasteiger partial charge in [0, 0.05) is 25.4 Å². The number of ether oxygens (including phenoxy) is 2. The van der Waals surface area contributed by atoms with Crippen LogP contribution in [0.1, 0.15) is 11.1 Å². The van der Waals surface area contributed by atoms with Crippen LogP contribution in [0.4, 0.5) is 10.2 Å². The van der Waals surface area contributed by atoms with Crippen molar-refractivity contribution in [3.8, 4) is 17.4 Å². The number of nitrogens with zero attached hydrogens (tertiary/aromatic N) is 6. The summed E-state index contributed by atoms with van der Waals surface area (Å²) in [5, 5.41) is 0. The standard InChI is InChI=1S/C23H26FN7O2/c1-30(2)13-15-4-6-16(7-5-15)14-31-21(17-10-18(24)12-26-11-17)27-19-20(25)28-23(29-22(19)31)33-9-8-32-3/h4-7,10-12H,8-9,13-14H2,1-3H3,(H2,25,28,29). The highest BCUT2D eigenvalue weighted by Gasteiger charge is 2.19. The maximum absolute atomic E-state index is 13.9. The Balaban J connectivity index is 1.79. The Bertz CT molecular complexity index is 1240. The first-order valence-electron chi connectivity index (χ1n) is 10.4. The molecule has 0 saturated carbocycles. The Labute approximate surface area is 191 Å². The number of aromatic nitrogens is 5. The van der Waals surface area contributed by atoms with E-state index >= 15 is 0 Å². The molecule has 0 spiro atoms. The zero-order valence-corrected chi connectivity index (χ0v) is 18.8. The molecule has 3 heterocycles. The molecule has 0 atom stereocenters. The fourth-order valence-corrected chi connectivity index (χ4v) is 3.48. The molecule has 0 amide bonds. The van der Waals surface area contributed by atoms with E-state index in [9.17, 15) is 4.39 Å². The Morgan fingerprint density at radius 1 is 1.03 bits per heavy atom. The van der Waals surface area contributed by atoms with Crippen molar-refractivity contribution in [2.24, 2.45) is 0 Å². The van der Waals surface area contributed by atoms with Gasteiger partial charge in [-0.3, -0.25) is 4.98 Å². The molecule has 4 aromatic rings. The molecule has 0 fully saturated rings. The van der Waals surface area contributed by atoms with Crippen molar-refractivity contribution in [2.75, 3.05) is 40.2 Å². The van der Waals surface area contributed by atoms with E-state index in [2.05, 4.69) is 49.1 Å². The summed E-state index contributed by atoms with van der Waals surface area (Å²) in [5.74, 6) is 0.212. The van der Waals surface area contributed by atoms with Crippen molar-refractivity contribution >= 4 is 17.0 Å². The molecule has 9 nitrogen and oxygen atoms in total. The van der Waals surface area contributed by atoms with Crippen LogP contribution >= 0.6 is 0 Å². The number of anilines is 1. The van der Waals surface area contributed by atoms with Crippen molar-refractivity contribution in [3.63, 3.8) is 0 Å². The SMILES string of the molecule is COCCOc1nc(N)c2nc(-c3cncc(F)c3)n(Cc3ccc(CN(C)C)cc3)c2n1. The number of hydrogen-bond donors (Lipinski definition) is 1. The molecule has 4 rings (SSSR count). The molecule has 0 aliphatic carbocycles. The van der Waals surface area contributed by atoms with E-state index in [4.69, 9.17) is 15.2 Å². The largest absolute Gasteiger partial charge is 0.461 e. The normalized spacial score (nSPS) is 11.4. The Morgan fingerprint density at radius 2 is 1.79 bits per heavy atom. The minimum Gasteiger partial charge on any atom is -0.461 e. The van der Waals surface area contributed by atoms with Gasteiger partial charge in [0.25, 0.3) is 0 Å². The lowest BCUT2D eigenvalue weighted by Crippen LogP contribution is -2.11. The van der Waals surface area contributed by atoms with Gasteiger partial charge in [0.1, 0.15) is 18.2 Å². The van der Waals surface area contributed by atoms with Gasteiger partial charge in [0.2, 0.25) is 0 Å². The minimum absolute atomic E-state index is 0.128. The van der Waals surface area contributed by atoms with Gasteiger partial charge in [-0.15, -0.1) is 0 Å². The smallest absolute Gasteiger partial charge is 0.320 e. The van der Waals surface area contributed by atoms with Gasteiger partial charge in [-0.05, 0) is 31.3 Å². The van der Waals surface area contributed by atoms with Gasteiger partial charge in [-0.1, -0.05) is 24.3 Å². The van der Waals surface area contributed by atoms with Gasteiger partial charge in [0.15, 0.2) is 17.0 Å². The van der Waals surface area contributed by atoms with Crippen LogP contribution in [0.3, 0.4) is 0 Å². The van der Waals surface area contributed by atoms with E-state index in [1.54, 1.807) is 13.3 Å². The monoisotopic (exact) mass is 451 g/mol. The number of imidazole rings is 1. The lowest BCUT2D eigenvalue weighted by atomic mass is 10.1. The van der Waals surface area contributed by atoms with E-state index in [1.807, 2.05) is 18.7 Å². The average molecular weight is 452 g/mol. The predicted octanol–water partition coefficient (Wildman–Crippen LogP) is 2.74. The fourth-order valence-electron chi connectivity index (χ4n) is 3.48. The molecular weight excluding hydrogens is 425 g/mol. The highest BCUT2D eigenvalue weighted by atomic mass is 19.1. The second-order valence-corrected chi connectivity index (χ2v) is 7.87. The van der Waals surface area contributed by atoms with Gasteiger partial charge in [-0.25, -0.2) is 9.37 Å². The molecule has 3 aromatic heterocycles. The van der Waals surface area contributed by atoms with Gasteiger partial charge in [-0.2, -0.15) is 9.97 Å². The predicted molar refractivity (Wildman–Crippen MR) is 123 cm³/mol. The average Bonchev–Trinajstić information content (AvgIpc) is 3.14. The molecule has 172 valence electrons. The maximum atomic E-state index is 13.9. The number of methoxy groups -OCH3 is 1. The first kappa shape index (κ1) is 22.6. The second kappa shape index (κ2) is 9.88. The number of pyridine rings is 1. The Kier molecular flexibility index (Phi) is 6.76. The van der Waals surface area contributed by atoms with E-state index in [-0.39, 0.29) is 18.4 Å². The van der Waals surface area contributed by atoms with E-state index in [1.165, 1.54) is 11.6 Å². The number of fused-ring (bicyclic) bond motifs is 1. The van der Waals surface area contributed by atoms with Crippen LogP contribution in [0.25, 0.3) is 22.6 Å². The second-order valence-electron chi connectivity index (χ2n) is 7.87. The van der Waals surface area contributed by atoms with Crippen molar-refractivity contribution in [1.82, 2.24) is 29.4 Å². The summed E-state index contributed by atoms with van der Waals surface area (Å²) in [7, 11) is 5.64. The van der Waals surface area contributed by atoms with Crippen LogP contribution in [-0.2, 0) is 17.8 Å². The van der Waals surface area contributed by atoms with Crippen LogP contribution < -0.4 is 10.5 Å². The summed E-state index contributed by atoms with van der Waals surface area (Å²) < 4.78 is 26.4. The molecule has 33 heavy (non-hydrogen) atoms. The third-order valence-corrected chi connectivity index (χ3v) is 4.95. The topological polar surface area (TPSA) is 104 Å². The van der Waals surface area contributed by atoms with Crippen LogP contribution in [-0.4, -0.2) is 63.8 Å². The lowest BCUT2D eigenvalue weighted by Gasteiger charge is -2.12. The number of hydrogen-bond acceptors (Lipinski definition) is 8. The number of benzene rings is 1. The third kappa shape index (κ3) is 5.24. The van der Waals surface area contributed by atoms with E-state index < -0.39 is 5.82 Å². The Hall–Kier alpha value is -3.63. The molecule has 0 aliphatic heterocycles. The summed E-state index contributed by atoms with van der Waals surface area (Å²) >= 11 is 0. The summed E-state index contributed by atoms with van der Waals surface area (Å²) in [4.78, 5) is 19.5. The van der Waals surface area contributed by atoms with Crippen molar-refractivity contribution in [1.29, 1.82) is 0 Å². The molecule has 10 heteroatoms. The van der Waals surface area contributed by atoms with Crippen LogP contribution in [0.15, 0.2) is 42.7 Å². The highest BCUT2D eigenvalue weighted by Crippen LogP contribution is 2.28. The van der Waals surface area contributed by atoms with E-state index in [0.29, 0.717) is 35.7 Å². The molecule has 2 N–H and O–H groups in total. The zero-order chi connectivity index (χ0) is 23.4. The fraction of sp³-hybridized carbons (Fsp3) is 0.304. The molecule has 0 radical (unpaired) electrons. The van der Waals surface area contributed by atoms with E-state index in [0.717, 1.165) is 18.3 Å². The van der Waals surface area contributed by atoms with Gasteiger partial charge < -0.3 is 24.7 Å². The van der Waals surface area contributed by atoms with Crippen LogP contribution in [0.5, 0.6) is 6.01 Å². The highest BCUT2D eigenvalue weighted by molar-refractivity contribution is 5.85. The molecule has 0 unspecified atom stereocenters. The lowest BCUT2D eigenvalue weighted by molar-refractivity contribution is 0.141. The van der Waals surface area contributed by atoms with Crippen molar-refractivity contribution in [2.45, 2.75) is 13.1 Å². The summed E-state index contributed by atoms with van der Waals surface area (Å²) in [6, 6.07) is 9.78. The van der Waals surface area contributed by atoms with Crippen LogP contribution in [0.2, 0.25) is 0 Å². The van der Waals surface area contributed by atoms with Crippen molar-refractivity contribution in [3.05, 3.63) is 59.7 Å². The Morgan fingerprint density at radius 3 is 2.48 bits per heavy atom. The zero-order valence-electron chi connectivity index (χ0n) is 18.8. The number of rotatable bonds is 9. The summed E-state index contributed by atoms with van der Waals surface area (Å²) in [6.07, 6.45) is 2.70.